The lowest BCUT2D eigenvalue weighted by Crippen LogP contribution is -2.48. The van der Waals surface area contributed by atoms with Gasteiger partial charge in [-0.2, -0.15) is 0 Å². The smallest absolute Gasteiger partial charge is 0.237 e. The molecule has 1 N–H and O–H groups in total. The molecule has 4 rings (SSSR count). The van der Waals surface area contributed by atoms with Gasteiger partial charge in [0.2, 0.25) is 5.91 Å². The van der Waals surface area contributed by atoms with E-state index in [0.29, 0.717) is 13.0 Å². The third kappa shape index (κ3) is 3.47. The summed E-state index contributed by atoms with van der Waals surface area (Å²) in [5, 5.41) is 9.93. The summed E-state index contributed by atoms with van der Waals surface area (Å²) >= 11 is 0. The monoisotopic (exact) mass is 385 g/mol. The van der Waals surface area contributed by atoms with E-state index >= 15 is 0 Å². The number of benzene rings is 3. The Morgan fingerprint density at radius 1 is 0.966 bits per heavy atom. The zero-order chi connectivity index (χ0) is 20.3. The van der Waals surface area contributed by atoms with E-state index in [1.54, 1.807) is 0 Å². The number of aliphatic hydroxyl groups is 1. The maximum absolute atomic E-state index is 14.0. The summed E-state index contributed by atoms with van der Waals surface area (Å²) in [4.78, 5) is 15.9. The lowest BCUT2D eigenvalue weighted by atomic mass is 9.62. The van der Waals surface area contributed by atoms with Gasteiger partial charge in [0.05, 0.1) is 5.41 Å². The number of rotatable bonds is 5. The van der Waals surface area contributed by atoms with Crippen LogP contribution < -0.4 is 0 Å². The molecular formula is C26H27NO2. The number of fused-ring (bicyclic) bond motifs is 1. The van der Waals surface area contributed by atoms with Crippen LogP contribution in [0, 0.1) is 0 Å². The van der Waals surface area contributed by atoms with Crippen molar-refractivity contribution in [2.45, 2.75) is 30.7 Å². The number of aliphatic hydroxyl groups excluding tert-OH is 1. The number of hydrogen-bond donors (Lipinski definition) is 1. The Bertz CT molecular complexity index is 970. The van der Waals surface area contributed by atoms with Gasteiger partial charge >= 0.3 is 0 Å². The molecule has 3 heteroatoms. The molecule has 1 amide bonds. The fraction of sp³-hybridized carbons (Fsp3) is 0.269. The van der Waals surface area contributed by atoms with Crippen LogP contribution in [-0.4, -0.2) is 29.6 Å². The molecule has 0 fully saturated rings. The summed E-state index contributed by atoms with van der Waals surface area (Å²) in [5.74, 6) is 0.187. The lowest BCUT2D eigenvalue weighted by Gasteiger charge is -2.43. The average Bonchev–Trinajstić information content (AvgIpc) is 2.79. The second kappa shape index (κ2) is 8.22. The van der Waals surface area contributed by atoms with Crippen LogP contribution in [-0.2, 0) is 16.8 Å². The summed E-state index contributed by atoms with van der Waals surface area (Å²) in [6.45, 7) is 0.676. The van der Waals surface area contributed by atoms with Crippen molar-refractivity contribution >= 4 is 5.91 Å². The van der Waals surface area contributed by atoms with Crippen molar-refractivity contribution in [2.24, 2.45) is 0 Å². The van der Waals surface area contributed by atoms with Crippen LogP contribution in [0.2, 0.25) is 0 Å². The summed E-state index contributed by atoms with van der Waals surface area (Å²) < 4.78 is 0. The van der Waals surface area contributed by atoms with Gasteiger partial charge in [0.1, 0.15) is 0 Å². The normalized spacial score (nSPS) is 20.7. The van der Waals surface area contributed by atoms with Gasteiger partial charge in [-0.05, 0) is 35.1 Å². The molecule has 2 unspecified atom stereocenters. The molecule has 29 heavy (non-hydrogen) atoms. The molecule has 0 aliphatic heterocycles. The predicted octanol–water partition coefficient (Wildman–Crippen LogP) is 4.50. The van der Waals surface area contributed by atoms with Crippen molar-refractivity contribution < 1.29 is 9.90 Å². The van der Waals surface area contributed by atoms with Gasteiger partial charge in [-0.25, -0.2) is 0 Å². The number of nitrogens with zero attached hydrogens (tertiary/aromatic N) is 1. The number of likely N-dealkylation sites (N-methyl/N-ethyl adjacent to an activating group) is 1. The van der Waals surface area contributed by atoms with Gasteiger partial charge in [0.15, 0.2) is 0 Å². The van der Waals surface area contributed by atoms with Gasteiger partial charge in [0.25, 0.3) is 0 Å². The van der Waals surface area contributed by atoms with Crippen molar-refractivity contribution in [2.75, 3.05) is 13.7 Å². The third-order valence-electron chi connectivity index (χ3n) is 6.19. The van der Waals surface area contributed by atoms with Gasteiger partial charge < -0.3 is 10.0 Å². The van der Waals surface area contributed by atoms with E-state index in [1.807, 2.05) is 60.5 Å². The first-order chi connectivity index (χ1) is 14.2. The SMILES string of the molecule is CN(Cc1ccccc1)C(=O)C1(c2ccccc2)CCC(CO)c2ccccc21. The Labute approximate surface area is 172 Å². The third-order valence-corrected chi connectivity index (χ3v) is 6.19. The summed E-state index contributed by atoms with van der Waals surface area (Å²) in [6, 6.07) is 28.3. The fourth-order valence-corrected chi connectivity index (χ4v) is 4.74. The Hall–Kier alpha value is -2.91. The standard InChI is InChI=1S/C26H27NO2/c1-27(18-20-10-4-2-5-11-20)25(29)26(22-12-6-3-7-13-22)17-16-21(19-28)23-14-8-9-15-24(23)26/h2-15,21,28H,16-19H2,1H3. The zero-order valence-corrected chi connectivity index (χ0v) is 16.8. The maximum Gasteiger partial charge on any atom is 0.237 e. The van der Waals surface area contributed by atoms with E-state index in [4.69, 9.17) is 0 Å². The van der Waals surface area contributed by atoms with Crippen LogP contribution in [0.3, 0.4) is 0 Å². The van der Waals surface area contributed by atoms with E-state index in [1.165, 1.54) is 0 Å². The molecule has 0 heterocycles. The van der Waals surface area contributed by atoms with E-state index in [-0.39, 0.29) is 18.4 Å². The largest absolute Gasteiger partial charge is 0.396 e. The number of amides is 1. The first-order valence-corrected chi connectivity index (χ1v) is 10.2. The Morgan fingerprint density at radius 2 is 1.59 bits per heavy atom. The van der Waals surface area contributed by atoms with E-state index in [9.17, 15) is 9.90 Å². The Kier molecular flexibility index (Phi) is 5.50. The van der Waals surface area contributed by atoms with Crippen LogP contribution in [0.5, 0.6) is 0 Å². The van der Waals surface area contributed by atoms with Gasteiger partial charge in [0, 0.05) is 26.1 Å². The van der Waals surface area contributed by atoms with Crippen LogP contribution in [0.1, 0.15) is 41.0 Å². The van der Waals surface area contributed by atoms with Crippen LogP contribution in [0.25, 0.3) is 0 Å². The van der Waals surface area contributed by atoms with E-state index in [0.717, 1.165) is 28.7 Å². The predicted molar refractivity (Wildman–Crippen MR) is 116 cm³/mol. The van der Waals surface area contributed by atoms with Gasteiger partial charge in [-0.15, -0.1) is 0 Å². The van der Waals surface area contributed by atoms with Crippen molar-refractivity contribution in [3.8, 4) is 0 Å². The van der Waals surface area contributed by atoms with Crippen LogP contribution in [0.15, 0.2) is 84.9 Å². The van der Waals surface area contributed by atoms with Crippen molar-refractivity contribution in [3.05, 3.63) is 107 Å². The molecule has 148 valence electrons. The Morgan fingerprint density at radius 3 is 2.28 bits per heavy atom. The van der Waals surface area contributed by atoms with E-state index in [2.05, 4.69) is 36.4 Å². The molecule has 1 aliphatic rings. The minimum Gasteiger partial charge on any atom is -0.396 e. The maximum atomic E-state index is 14.0. The molecule has 0 spiro atoms. The second-order valence-electron chi connectivity index (χ2n) is 7.92. The van der Waals surface area contributed by atoms with Gasteiger partial charge in [-0.3, -0.25) is 4.79 Å². The molecular weight excluding hydrogens is 358 g/mol. The summed E-state index contributed by atoms with van der Waals surface area (Å²) in [5.41, 5.74) is 3.53. The molecule has 0 bridgehead atoms. The quantitative estimate of drug-likeness (QED) is 0.702. The summed E-state index contributed by atoms with van der Waals surface area (Å²) in [6.07, 6.45) is 1.48. The number of carbonyl (C=O) groups excluding carboxylic acids is 1. The molecule has 0 saturated carbocycles. The fourth-order valence-electron chi connectivity index (χ4n) is 4.74. The first-order valence-electron chi connectivity index (χ1n) is 10.2. The molecule has 0 aromatic heterocycles. The Balaban J connectivity index is 1.82. The second-order valence-corrected chi connectivity index (χ2v) is 7.92. The van der Waals surface area contributed by atoms with Crippen LogP contribution in [0.4, 0.5) is 0 Å². The first kappa shape index (κ1) is 19.4. The molecule has 0 radical (unpaired) electrons. The zero-order valence-electron chi connectivity index (χ0n) is 16.8. The highest BCUT2D eigenvalue weighted by Gasteiger charge is 2.48. The minimum absolute atomic E-state index is 0.0790. The van der Waals surface area contributed by atoms with Crippen LogP contribution >= 0.6 is 0 Å². The molecule has 1 aliphatic carbocycles. The van der Waals surface area contributed by atoms with Crippen molar-refractivity contribution in [1.29, 1.82) is 0 Å². The molecule has 2 atom stereocenters. The topological polar surface area (TPSA) is 40.5 Å². The van der Waals surface area contributed by atoms with E-state index < -0.39 is 5.41 Å². The van der Waals surface area contributed by atoms with Crippen molar-refractivity contribution in [3.63, 3.8) is 0 Å². The molecule has 3 aromatic rings. The highest BCUT2D eigenvalue weighted by molar-refractivity contribution is 5.93. The highest BCUT2D eigenvalue weighted by Crippen LogP contribution is 2.47. The number of hydrogen-bond acceptors (Lipinski definition) is 2. The minimum atomic E-state index is -0.729. The highest BCUT2D eigenvalue weighted by atomic mass is 16.3. The molecule has 3 nitrogen and oxygen atoms in total. The summed E-state index contributed by atoms with van der Waals surface area (Å²) in [7, 11) is 1.89. The number of carbonyl (C=O) groups is 1. The van der Waals surface area contributed by atoms with Gasteiger partial charge in [-0.1, -0.05) is 84.9 Å². The lowest BCUT2D eigenvalue weighted by molar-refractivity contribution is -0.135. The van der Waals surface area contributed by atoms with Crippen molar-refractivity contribution in [1.82, 2.24) is 4.90 Å². The molecule has 3 aromatic carbocycles. The molecule has 0 saturated heterocycles. The average molecular weight is 386 g/mol.